The number of anilines is 1. The fraction of sp³-hybridized carbons (Fsp3) is 0.471. The smallest absolute Gasteiger partial charge is 0.252 e. The number of aromatic nitrogens is 3. The van der Waals surface area contributed by atoms with E-state index in [1.807, 2.05) is 17.9 Å². The van der Waals surface area contributed by atoms with Crippen molar-refractivity contribution in [2.75, 3.05) is 25.5 Å². The number of nitrogens with zero attached hydrogens (tertiary/aromatic N) is 4. The molecule has 1 saturated heterocycles. The van der Waals surface area contributed by atoms with Crippen LogP contribution in [-0.4, -0.2) is 45.7 Å². The van der Waals surface area contributed by atoms with E-state index in [4.69, 9.17) is 5.73 Å². The first kappa shape index (κ1) is 16.4. The molecule has 3 N–H and O–H groups in total. The van der Waals surface area contributed by atoms with E-state index >= 15 is 0 Å². The summed E-state index contributed by atoms with van der Waals surface area (Å²) >= 11 is 0. The molecular weight excluding hydrogens is 304 g/mol. The Hall–Kier alpha value is -2.41. The van der Waals surface area contributed by atoms with Gasteiger partial charge in [-0.3, -0.25) is 19.4 Å². The van der Waals surface area contributed by atoms with Crippen molar-refractivity contribution in [3.63, 3.8) is 0 Å². The maximum Gasteiger partial charge on any atom is 0.252 e. The van der Waals surface area contributed by atoms with E-state index in [9.17, 15) is 4.79 Å². The minimum absolute atomic E-state index is 0.303. The number of aryl methyl sites for hydroxylation is 1. The molecule has 0 bridgehead atoms. The average Bonchev–Trinajstić information content (AvgIpc) is 2.99. The number of likely N-dealkylation sites (tertiary alicyclic amines) is 1. The second kappa shape index (κ2) is 7.00. The molecule has 2 atom stereocenters. The monoisotopic (exact) mass is 328 g/mol. The van der Waals surface area contributed by atoms with Crippen molar-refractivity contribution in [3.8, 4) is 0 Å². The molecule has 3 rings (SSSR count). The Morgan fingerprint density at radius 1 is 1.38 bits per heavy atom. The minimum Gasteiger partial charge on any atom is -0.384 e. The second-order valence-electron chi connectivity index (χ2n) is 6.37. The zero-order chi connectivity index (χ0) is 17.1. The Balaban J connectivity index is 1.78. The zero-order valence-corrected chi connectivity index (χ0v) is 14.1. The number of piperidine rings is 1. The molecule has 24 heavy (non-hydrogen) atoms. The van der Waals surface area contributed by atoms with Crippen LogP contribution in [0.3, 0.4) is 0 Å². The van der Waals surface area contributed by atoms with Gasteiger partial charge in [-0.15, -0.1) is 0 Å². The zero-order valence-electron chi connectivity index (χ0n) is 14.1. The molecule has 7 nitrogen and oxygen atoms in total. The molecule has 7 heteroatoms. The summed E-state index contributed by atoms with van der Waals surface area (Å²) in [6, 6.07) is 4.18. The molecule has 0 aromatic carbocycles. The van der Waals surface area contributed by atoms with Gasteiger partial charge in [0.1, 0.15) is 0 Å². The SMILES string of the molecule is CN1CCC[C@@H](CNc2ccncc2C(N)=O)[C@@H]1c1ccnn1C. The second-order valence-corrected chi connectivity index (χ2v) is 6.37. The molecule has 0 radical (unpaired) electrons. The fourth-order valence-electron chi connectivity index (χ4n) is 3.60. The van der Waals surface area contributed by atoms with Crippen LogP contribution in [0.25, 0.3) is 0 Å². The van der Waals surface area contributed by atoms with Gasteiger partial charge in [0.05, 0.1) is 23.0 Å². The van der Waals surface area contributed by atoms with Crippen LogP contribution in [-0.2, 0) is 7.05 Å². The number of hydrogen-bond acceptors (Lipinski definition) is 5. The summed E-state index contributed by atoms with van der Waals surface area (Å²) in [5.41, 5.74) is 7.82. The molecule has 0 saturated carbocycles. The summed E-state index contributed by atoms with van der Waals surface area (Å²) in [5, 5.41) is 7.72. The topological polar surface area (TPSA) is 89.1 Å². The van der Waals surface area contributed by atoms with Gasteiger partial charge < -0.3 is 11.1 Å². The van der Waals surface area contributed by atoms with Gasteiger partial charge in [-0.1, -0.05) is 0 Å². The van der Waals surface area contributed by atoms with E-state index in [0.717, 1.165) is 31.6 Å². The van der Waals surface area contributed by atoms with Crippen molar-refractivity contribution in [3.05, 3.63) is 42.0 Å². The van der Waals surface area contributed by atoms with Crippen LogP contribution in [0.2, 0.25) is 0 Å². The molecule has 0 aliphatic carbocycles. The summed E-state index contributed by atoms with van der Waals surface area (Å²) in [4.78, 5) is 17.9. The highest BCUT2D eigenvalue weighted by molar-refractivity contribution is 5.98. The molecule has 0 unspecified atom stereocenters. The number of pyridine rings is 1. The van der Waals surface area contributed by atoms with Crippen molar-refractivity contribution >= 4 is 11.6 Å². The van der Waals surface area contributed by atoms with Crippen molar-refractivity contribution in [1.82, 2.24) is 19.7 Å². The van der Waals surface area contributed by atoms with Crippen molar-refractivity contribution < 1.29 is 4.79 Å². The predicted octanol–water partition coefficient (Wildman–Crippen LogP) is 1.41. The number of nitrogens with two attached hydrogens (primary N) is 1. The normalized spacial score (nSPS) is 21.6. The Morgan fingerprint density at radius 3 is 2.92 bits per heavy atom. The standard InChI is InChI=1S/C17H24N6O/c1-22-9-3-4-12(16(22)15-6-8-21-23(15)2)10-20-14-5-7-19-11-13(14)17(18)24/h5-8,11-12,16H,3-4,9-10H2,1-2H3,(H2,18,24)(H,19,20)/t12-,16+/m0/s1. The lowest BCUT2D eigenvalue weighted by Gasteiger charge is -2.39. The summed E-state index contributed by atoms with van der Waals surface area (Å²) in [7, 11) is 4.14. The van der Waals surface area contributed by atoms with Crippen molar-refractivity contribution in [2.45, 2.75) is 18.9 Å². The van der Waals surface area contributed by atoms with Crippen LogP contribution in [0.1, 0.15) is 34.9 Å². The number of amides is 1. The highest BCUT2D eigenvalue weighted by Gasteiger charge is 2.32. The molecule has 1 fully saturated rings. The van der Waals surface area contributed by atoms with Gasteiger partial charge in [0.15, 0.2) is 0 Å². The van der Waals surface area contributed by atoms with Gasteiger partial charge >= 0.3 is 0 Å². The summed E-state index contributed by atoms with van der Waals surface area (Å²) < 4.78 is 1.95. The van der Waals surface area contributed by atoms with Crippen LogP contribution in [0.5, 0.6) is 0 Å². The van der Waals surface area contributed by atoms with Gasteiger partial charge in [0.25, 0.3) is 5.91 Å². The molecule has 128 valence electrons. The van der Waals surface area contributed by atoms with Crippen molar-refractivity contribution in [1.29, 1.82) is 0 Å². The molecule has 0 spiro atoms. The van der Waals surface area contributed by atoms with E-state index in [-0.39, 0.29) is 0 Å². The third-order valence-electron chi connectivity index (χ3n) is 4.81. The number of carbonyl (C=O) groups excluding carboxylic acids is 1. The lowest BCUT2D eigenvalue weighted by atomic mass is 9.87. The van der Waals surface area contributed by atoms with Crippen molar-refractivity contribution in [2.24, 2.45) is 18.7 Å². The van der Waals surface area contributed by atoms with Crippen LogP contribution in [0.4, 0.5) is 5.69 Å². The maximum absolute atomic E-state index is 11.5. The molecule has 2 aromatic rings. The lowest BCUT2D eigenvalue weighted by Crippen LogP contribution is -2.40. The van der Waals surface area contributed by atoms with E-state index < -0.39 is 5.91 Å². The number of hydrogen-bond donors (Lipinski definition) is 2. The van der Waals surface area contributed by atoms with E-state index in [2.05, 4.69) is 33.4 Å². The minimum atomic E-state index is -0.463. The number of carbonyl (C=O) groups is 1. The summed E-state index contributed by atoms with van der Waals surface area (Å²) in [6.45, 7) is 1.85. The first-order valence-electron chi connectivity index (χ1n) is 8.23. The van der Waals surface area contributed by atoms with Gasteiger partial charge in [0, 0.05) is 32.2 Å². The van der Waals surface area contributed by atoms with Crippen LogP contribution in [0, 0.1) is 5.92 Å². The number of primary amides is 1. The predicted molar refractivity (Wildman–Crippen MR) is 92.5 cm³/mol. The Bertz CT molecular complexity index is 713. The number of rotatable bonds is 5. The van der Waals surface area contributed by atoms with E-state index in [1.165, 1.54) is 11.9 Å². The molecular formula is C17H24N6O. The molecule has 3 heterocycles. The average molecular weight is 328 g/mol. The van der Waals surface area contributed by atoms with Crippen LogP contribution < -0.4 is 11.1 Å². The van der Waals surface area contributed by atoms with Crippen LogP contribution in [0.15, 0.2) is 30.7 Å². The molecule has 1 aliphatic rings. The number of nitrogens with one attached hydrogen (secondary N) is 1. The maximum atomic E-state index is 11.5. The summed E-state index contributed by atoms with van der Waals surface area (Å²) in [5.74, 6) is -0.0393. The van der Waals surface area contributed by atoms with E-state index in [1.54, 1.807) is 12.3 Å². The van der Waals surface area contributed by atoms with Crippen LogP contribution >= 0.6 is 0 Å². The third kappa shape index (κ3) is 3.26. The molecule has 1 aliphatic heterocycles. The lowest BCUT2D eigenvalue weighted by molar-refractivity contribution is 0.100. The van der Waals surface area contributed by atoms with Gasteiger partial charge in [-0.05, 0) is 44.5 Å². The third-order valence-corrected chi connectivity index (χ3v) is 4.81. The molecule has 2 aromatic heterocycles. The highest BCUT2D eigenvalue weighted by Crippen LogP contribution is 2.35. The highest BCUT2D eigenvalue weighted by atomic mass is 16.1. The first-order valence-corrected chi connectivity index (χ1v) is 8.23. The fourth-order valence-corrected chi connectivity index (χ4v) is 3.60. The van der Waals surface area contributed by atoms with Gasteiger partial charge in [0.2, 0.25) is 0 Å². The largest absolute Gasteiger partial charge is 0.384 e. The Kier molecular flexibility index (Phi) is 4.80. The van der Waals surface area contributed by atoms with E-state index in [0.29, 0.717) is 17.5 Å². The van der Waals surface area contributed by atoms with Gasteiger partial charge in [-0.25, -0.2) is 0 Å². The quantitative estimate of drug-likeness (QED) is 0.866. The Labute approximate surface area is 141 Å². The summed E-state index contributed by atoms with van der Waals surface area (Å²) in [6.07, 6.45) is 7.31. The van der Waals surface area contributed by atoms with Gasteiger partial charge in [-0.2, -0.15) is 5.10 Å². The molecule has 1 amide bonds. The first-order chi connectivity index (χ1) is 11.6. The Morgan fingerprint density at radius 2 is 2.21 bits per heavy atom.